The van der Waals surface area contributed by atoms with Crippen molar-refractivity contribution < 1.29 is 0 Å². The third-order valence-corrected chi connectivity index (χ3v) is 4.84. The highest BCUT2D eigenvalue weighted by Crippen LogP contribution is 2.17. The van der Waals surface area contributed by atoms with E-state index in [1.165, 1.54) is 84.0 Å². The molecule has 106 valence electrons. The van der Waals surface area contributed by atoms with Crippen molar-refractivity contribution in [3.8, 4) is 0 Å². The highest BCUT2D eigenvalue weighted by molar-refractivity contribution is 4.73. The number of nitrogens with one attached hydrogen (secondary N) is 1. The van der Waals surface area contributed by atoms with Crippen LogP contribution in [0.25, 0.3) is 0 Å². The maximum absolute atomic E-state index is 3.81. The monoisotopic (exact) mass is 252 g/mol. The van der Waals surface area contributed by atoms with Crippen LogP contribution in [0.1, 0.15) is 64.7 Å². The average molecular weight is 252 g/mol. The van der Waals surface area contributed by atoms with Gasteiger partial charge in [-0.05, 0) is 44.7 Å². The molecule has 2 aliphatic rings. The van der Waals surface area contributed by atoms with E-state index in [-0.39, 0.29) is 0 Å². The molecule has 0 radical (unpaired) electrons. The summed E-state index contributed by atoms with van der Waals surface area (Å²) in [5.41, 5.74) is 0. The lowest BCUT2D eigenvalue weighted by molar-refractivity contribution is 0.190. The Balaban J connectivity index is 1.56. The van der Waals surface area contributed by atoms with E-state index in [0.29, 0.717) is 0 Å². The predicted octanol–water partition coefficient (Wildman–Crippen LogP) is 3.42. The summed E-state index contributed by atoms with van der Waals surface area (Å²) in [6, 6.07) is 0.814. The first-order valence-corrected chi connectivity index (χ1v) is 8.30. The maximum Gasteiger partial charge on any atom is 0.0107 e. The quantitative estimate of drug-likeness (QED) is 0.825. The summed E-state index contributed by atoms with van der Waals surface area (Å²) in [5, 5.41) is 3.81. The van der Waals surface area contributed by atoms with Crippen LogP contribution in [-0.4, -0.2) is 37.1 Å². The lowest BCUT2D eigenvalue weighted by Gasteiger charge is -2.31. The van der Waals surface area contributed by atoms with E-state index in [4.69, 9.17) is 0 Å². The molecule has 1 aliphatic carbocycles. The molecular formula is C16H32N2. The Morgan fingerprint density at radius 3 is 2.17 bits per heavy atom. The molecule has 1 saturated heterocycles. The Morgan fingerprint density at radius 1 is 0.889 bits per heavy atom. The van der Waals surface area contributed by atoms with Crippen molar-refractivity contribution in [2.75, 3.05) is 26.2 Å². The number of piperidine rings is 1. The third-order valence-electron chi connectivity index (χ3n) is 4.84. The summed E-state index contributed by atoms with van der Waals surface area (Å²) in [6.45, 7) is 7.52. The van der Waals surface area contributed by atoms with E-state index < -0.39 is 0 Å². The summed E-state index contributed by atoms with van der Waals surface area (Å²) in [4.78, 5) is 2.65. The number of rotatable bonds is 4. The minimum Gasteiger partial charge on any atom is -0.313 e. The van der Waals surface area contributed by atoms with Crippen molar-refractivity contribution >= 4 is 0 Å². The van der Waals surface area contributed by atoms with Gasteiger partial charge in [-0.2, -0.15) is 0 Å². The molecule has 0 aromatic heterocycles. The summed E-state index contributed by atoms with van der Waals surface area (Å²) in [5.74, 6) is 0.958. The first-order valence-electron chi connectivity index (χ1n) is 8.30. The molecular weight excluding hydrogens is 220 g/mol. The van der Waals surface area contributed by atoms with Crippen molar-refractivity contribution in [2.45, 2.75) is 70.8 Å². The van der Waals surface area contributed by atoms with E-state index in [9.17, 15) is 0 Å². The first-order chi connectivity index (χ1) is 8.84. The van der Waals surface area contributed by atoms with Gasteiger partial charge in [0, 0.05) is 19.1 Å². The SMILES string of the molecule is CC1CCN(CCNC2CCCCCCC2)CC1. The van der Waals surface area contributed by atoms with Crippen LogP contribution in [0.15, 0.2) is 0 Å². The molecule has 18 heavy (non-hydrogen) atoms. The minimum absolute atomic E-state index is 0.814. The molecule has 1 N–H and O–H groups in total. The second-order valence-corrected chi connectivity index (χ2v) is 6.52. The molecule has 0 unspecified atom stereocenters. The van der Waals surface area contributed by atoms with Crippen molar-refractivity contribution in [3.05, 3.63) is 0 Å². The number of likely N-dealkylation sites (tertiary alicyclic amines) is 1. The van der Waals surface area contributed by atoms with Gasteiger partial charge in [0.05, 0.1) is 0 Å². The third kappa shape index (κ3) is 5.27. The van der Waals surface area contributed by atoms with Crippen LogP contribution >= 0.6 is 0 Å². The first kappa shape index (κ1) is 14.3. The average Bonchev–Trinajstić information content (AvgIpc) is 2.34. The highest BCUT2D eigenvalue weighted by Gasteiger charge is 2.16. The molecule has 0 aromatic carbocycles. The van der Waals surface area contributed by atoms with Crippen molar-refractivity contribution in [1.82, 2.24) is 10.2 Å². The Kier molecular flexibility index (Phi) is 6.50. The molecule has 0 spiro atoms. The largest absolute Gasteiger partial charge is 0.313 e. The number of hydrogen-bond acceptors (Lipinski definition) is 2. The van der Waals surface area contributed by atoms with Gasteiger partial charge in [0.15, 0.2) is 0 Å². The van der Waals surface area contributed by atoms with Gasteiger partial charge in [0.25, 0.3) is 0 Å². The van der Waals surface area contributed by atoms with E-state index in [0.717, 1.165) is 12.0 Å². The lowest BCUT2D eigenvalue weighted by Crippen LogP contribution is -2.40. The molecule has 1 heterocycles. The van der Waals surface area contributed by atoms with Gasteiger partial charge in [-0.3, -0.25) is 0 Å². The van der Waals surface area contributed by atoms with Crippen LogP contribution in [-0.2, 0) is 0 Å². The van der Waals surface area contributed by atoms with Gasteiger partial charge in [-0.15, -0.1) is 0 Å². The van der Waals surface area contributed by atoms with E-state index in [1.807, 2.05) is 0 Å². The van der Waals surface area contributed by atoms with Gasteiger partial charge < -0.3 is 10.2 Å². The van der Waals surface area contributed by atoms with Crippen molar-refractivity contribution in [1.29, 1.82) is 0 Å². The minimum atomic E-state index is 0.814. The summed E-state index contributed by atoms with van der Waals surface area (Å²) < 4.78 is 0. The molecule has 2 fully saturated rings. The smallest absolute Gasteiger partial charge is 0.0107 e. The summed E-state index contributed by atoms with van der Waals surface area (Å²) in [6.07, 6.45) is 12.9. The Labute approximate surface area is 114 Å². The fourth-order valence-corrected chi connectivity index (χ4v) is 3.37. The van der Waals surface area contributed by atoms with Gasteiger partial charge in [0.2, 0.25) is 0 Å². The Morgan fingerprint density at radius 2 is 1.50 bits per heavy atom. The Bertz CT molecular complexity index is 201. The fourth-order valence-electron chi connectivity index (χ4n) is 3.37. The maximum atomic E-state index is 3.81. The molecule has 2 nitrogen and oxygen atoms in total. The second-order valence-electron chi connectivity index (χ2n) is 6.52. The fraction of sp³-hybridized carbons (Fsp3) is 1.00. The van der Waals surface area contributed by atoms with Crippen LogP contribution in [0, 0.1) is 5.92 Å². The normalized spacial score (nSPS) is 25.8. The lowest BCUT2D eigenvalue weighted by atomic mass is 9.96. The zero-order valence-electron chi connectivity index (χ0n) is 12.3. The topological polar surface area (TPSA) is 15.3 Å². The van der Waals surface area contributed by atoms with Crippen molar-refractivity contribution in [3.63, 3.8) is 0 Å². The van der Waals surface area contributed by atoms with E-state index >= 15 is 0 Å². The zero-order valence-corrected chi connectivity index (χ0v) is 12.3. The molecule has 2 rings (SSSR count). The molecule has 2 heteroatoms. The molecule has 0 aromatic rings. The van der Waals surface area contributed by atoms with E-state index in [2.05, 4.69) is 17.1 Å². The summed E-state index contributed by atoms with van der Waals surface area (Å²) >= 11 is 0. The van der Waals surface area contributed by atoms with Crippen LogP contribution in [0.5, 0.6) is 0 Å². The van der Waals surface area contributed by atoms with Gasteiger partial charge >= 0.3 is 0 Å². The zero-order chi connectivity index (χ0) is 12.6. The highest BCUT2D eigenvalue weighted by atomic mass is 15.1. The number of nitrogens with zero attached hydrogens (tertiary/aromatic N) is 1. The molecule has 0 amide bonds. The van der Waals surface area contributed by atoms with Gasteiger partial charge in [-0.1, -0.05) is 39.0 Å². The second kappa shape index (κ2) is 8.16. The van der Waals surface area contributed by atoms with Crippen LogP contribution in [0.3, 0.4) is 0 Å². The van der Waals surface area contributed by atoms with E-state index in [1.54, 1.807) is 0 Å². The Hall–Kier alpha value is -0.0800. The molecule has 0 bridgehead atoms. The van der Waals surface area contributed by atoms with Gasteiger partial charge in [0.1, 0.15) is 0 Å². The molecule has 1 saturated carbocycles. The van der Waals surface area contributed by atoms with Crippen LogP contribution in [0.4, 0.5) is 0 Å². The van der Waals surface area contributed by atoms with Gasteiger partial charge in [-0.25, -0.2) is 0 Å². The predicted molar refractivity (Wildman–Crippen MR) is 78.9 cm³/mol. The van der Waals surface area contributed by atoms with Crippen molar-refractivity contribution in [2.24, 2.45) is 5.92 Å². The van der Waals surface area contributed by atoms with Crippen LogP contribution in [0.2, 0.25) is 0 Å². The van der Waals surface area contributed by atoms with Crippen LogP contribution < -0.4 is 5.32 Å². The molecule has 1 aliphatic heterocycles. The standard InChI is InChI=1S/C16H32N2/c1-15-9-12-18(13-10-15)14-11-17-16-7-5-3-2-4-6-8-16/h15-17H,2-14H2,1H3. The molecule has 0 atom stereocenters. The number of hydrogen-bond donors (Lipinski definition) is 1. The summed E-state index contributed by atoms with van der Waals surface area (Å²) in [7, 11) is 0.